The Kier molecular flexibility index (Phi) is 4.57. The predicted octanol–water partition coefficient (Wildman–Crippen LogP) is 3.91. The maximum Gasteiger partial charge on any atom is 0.142 e. The zero-order valence-electron chi connectivity index (χ0n) is 12.6. The van der Waals surface area contributed by atoms with E-state index in [4.69, 9.17) is 11.6 Å². The second-order valence-corrected chi connectivity index (χ2v) is 7.22. The van der Waals surface area contributed by atoms with Crippen LogP contribution in [-0.4, -0.2) is 20.6 Å². The topological polar surface area (TPSA) is 4.44 Å². The van der Waals surface area contributed by atoms with Crippen molar-refractivity contribution in [1.82, 2.24) is 0 Å². The molecule has 0 saturated carbocycles. The molecule has 0 aliphatic carbocycles. The fourth-order valence-corrected chi connectivity index (χ4v) is 3.87. The lowest BCUT2D eigenvalue weighted by molar-refractivity contribution is -0.857. The molecule has 3 rings (SSSR count). The van der Waals surface area contributed by atoms with Gasteiger partial charge in [0, 0.05) is 16.2 Å². The van der Waals surface area contributed by atoms with Crippen LogP contribution < -0.4 is 4.90 Å². The first kappa shape index (κ1) is 15.6. The van der Waals surface area contributed by atoms with E-state index < -0.39 is 0 Å². The Balaban J connectivity index is 2.09. The van der Waals surface area contributed by atoms with Crippen molar-refractivity contribution in [3.63, 3.8) is 0 Å². The molecule has 4 heteroatoms. The second kappa shape index (κ2) is 6.45. The number of hydrogen-bond acceptors (Lipinski definition) is 1. The summed E-state index contributed by atoms with van der Waals surface area (Å²) in [5.74, 6) is -0.357. The van der Waals surface area contributed by atoms with Crippen LogP contribution in [0.4, 0.5) is 4.39 Å². The highest BCUT2D eigenvalue weighted by molar-refractivity contribution is 7.99. The Morgan fingerprint density at radius 2 is 1.91 bits per heavy atom. The van der Waals surface area contributed by atoms with Gasteiger partial charge in [-0.2, -0.15) is 0 Å². The largest absolute Gasteiger partial charge is 0.340 e. The highest BCUT2D eigenvalue weighted by Gasteiger charge is 2.22. The summed E-state index contributed by atoms with van der Waals surface area (Å²) in [4.78, 5) is 3.51. The van der Waals surface area contributed by atoms with Crippen LogP contribution in [0.2, 0.25) is 5.02 Å². The molecule has 0 atom stereocenters. The van der Waals surface area contributed by atoms with E-state index in [1.807, 2.05) is 12.1 Å². The first-order valence-corrected chi connectivity index (χ1v) is 8.51. The molecule has 0 aromatic heterocycles. The SMILES string of the molecule is C[NH+](C)CC/C=C1/c2ccccc2Sc2cc(F)c(Cl)cc21. The first-order valence-electron chi connectivity index (χ1n) is 7.32. The van der Waals surface area contributed by atoms with Gasteiger partial charge in [-0.1, -0.05) is 47.6 Å². The Morgan fingerprint density at radius 3 is 2.68 bits per heavy atom. The maximum atomic E-state index is 13.8. The van der Waals surface area contributed by atoms with Gasteiger partial charge in [0.25, 0.3) is 0 Å². The van der Waals surface area contributed by atoms with Gasteiger partial charge in [-0.3, -0.25) is 0 Å². The zero-order chi connectivity index (χ0) is 15.7. The number of fused-ring (bicyclic) bond motifs is 2. The summed E-state index contributed by atoms with van der Waals surface area (Å²) in [5, 5.41) is 0.183. The summed E-state index contributed by atoms with van der Waals surface area (Å²) in [6, 6.07) is 11.6. The van der Waals surface area contributed by atoms with Gasteiger partial charge in [-0.15, -0.1) is 0 Å². The average molecular weight is 335 g/mol. The average Bonchev–Trinajstić information content (AvgIpc) is 2.48. The molecule has 1 N–H and O–H groups in total. The van der Waals surface area contributed by atoms with Gasteiger partial charge in [0.15, 0.2) is 0 Å². The van der Waals surface area contributed by atoms with Crippen LogP contribution >= 0.6 is 23.4 Å². The molecule has 2 aromatic rings. The minimum atomic E-state index is -0.357. The van der Waals surface area contributed by atoms with Gasteiger partial charge >= 0.3 is 0 Å². The molecule has 22 heavy (non-hydrogen) atoms. The van der Waals surface area contributed by atoms with Gasteiger partial charge in [0.05, 0.1) is 25.7 Å². The van der Waals surface area contributed by atoms with Crippen LogP contribution in [0.5, 0.6) is 0 Å². The van der Waals surface area contributed by atoms with Crippen molar-refractivity contribution in [2.24, 2.45) is 0 Å². The minimum absolute atomic E-state index is 0.183. The molecule has 0 unspecified atom stereocenters. The molecule has 1 heterocycles. The lowest BCUT2D eigenvalue weighted by Crippen LogP contribution is -3.05. The van der Waals surface area contributed by atoms with E-state index in [0.717, 1.165) is 29.0 Å². The normalized spacial score (nSPS) is 15.0. The third-order valence-electron chi connectivity index (χ3n) is 3.70. The highest BCUT2D eigenvalue weighted by atomic mass is 35.5. The summed E-state index contributed by atoms with van der Waals surface area (Å²) in [6.07, 6.45) is 3.23. The Labute approximate surface area is 139 Å². The van der Waals surface area contributed by atoms with E-state index in [1.165, 1.54) is 15.4 Å². The molecule has 2 aromatic carbocycles. The summed E-state index contributed by atoms with van der Waals surface area (Å²) in [6.45, 7) is 1.06. The second-order valence-electron chi connectivity index (χ2n) is 5.72. The first-order chi connectivity index (χ1) is 10.6. The van der Waals surface area contributed by atoms with E-state index >= 15 is 0 Å². The number of halogens is 2. The van der Waals surface area contributed by atoms with E-state index in [0.29, 0.717) is 0 Å². The van der Waals surface area contributed by atoms with E-state index in [2.05, 4.69) is 32.3 Å². The molecule has 0 radical (unpaired) electrons. The zero-order valence-corrected chi connectivity index (χ0v) is 14.2. The van der Waals surface area contributed by atoms with E-state index in [1.54, 1.807) is 23.9 Å². The molecule has 114 valence electrons. The third kappa shape index (κ3) is 3.07. The van der Waals surface area contributed by atoms with Gasteiger partial charge in [0.2, 0.25) is 0 Å². The fraction of sp³-hybridized carbons (Fsp3) is 0.222. The summed E-state index contributed by atoms with van der Waals surface area (Å²) in [5.41, 5.74) is 3.40. The van der Waals surface area contributed by atoms with Crippen molar-refractivity contribution < 1.29 is 9.29 Å². The Hall–Kier alpha value is -1.29. The maximum absolute atomic E-state index is 13.8. The number of rotatable bonds is 3. The minimum Gasteiger partial charge on any atom is -0.340 e. The van der Waals surface area contributed by atoms with Crippen LogP contribution in [0.15, 0.2) is 52.3 Å². The Bertz CT molecular complexity index is 740. The van der Waals surface area contributed by atoms with Crippen LogP contribution in [0.25, 0.3) is 5.57 Å². The smallest absolute Gasteiger partial charge is 0.142 e. The van der Waals surface area contributed by atoms with Crippen LogP contribution in [0.3, 0.4) is 0 Å². The molecule has 0 amide bonds. The summed E-state index contributed by atoms with van der Waals surface area (Å²) in [7, 11) is 4.28. The molecule has 1 aliphatic heterocycles. The van der Waals surface area contributed by atoms with Gasteiger partial charge in [0.1, 0.15) is 5.82 Å². The molecule has 0 spiro atoms. The fourth-order valence-electron chi connectivity index (χ4n) is 2.59. The van der Waals surface area contributed by atoms with Gasteiger partial charge in [-0.25, -0.2) is 4.39 Å². The van der Waals surface area contributed by atoms with Gasteiger partial charge in [-0.05, 0) is 34.9 Å². The molecular formula is C18H18ClFNS+. The van der Waals surface area contributed by atoms with Crippen molar-refractivity contribution in [2.75, 3.05) is 20.6 Å². The molecule has 0 fully saturated rings. The van der Waals surface area contributed by atoms with Crippen molar-refractivity contribution >= 4 is 28.9 Å². The van der Waals surface area contributed by atoms with Crippen LogP contribution in [0, 0.1) is 5.82 Å². The molecule has 1 nitrogen and oxygen atoms in total. The van der Waals surface area contributed by atoms with Crippen molar-refractivity contribution in [3.8, 4) is 0 Å². The lowest BCUT2D eigenvalue weighted by atomic mass is 9.96. The molecular weight excluding hydrogens is 317 g/mol. The van der Waals surface area contributed by atoms with Crippen molar-refractivity contribution in [3.05, 3.63) is 64.4 Å². The van der Waals surface area contributed by atoms with E-state index in [-0.39, 0.29) is 10.8 Å². The molecule has 0 saturated heterocycles. The number of benzene rings is 2. The van der Waals surface area contributed by atoms with E-state index in [9.17, 15) is 4.39 Å². The van der Waals surface area contributed by atoms with Crippen LogP contribution in [-0.2, 0) is 0 Å². The van der Waals surface area contributed by atoms with Gasteiger partial charge < -0.3 is 4.90 Å². The number of nitrogens with one attached hydrogen (secondary N) is 1. The third-order valence-corrected chi connectivity index (χ3v) is 5.13. The van der Waals surface area contributed by atoms with Crippen molar-refractivity contribution in [1.29, 1.82) is 0 Å². The number of hydrogen-bond donors (Lipinski definition) is 1. The lowest BCUT2D eigenvalue weighted by Gasteiger charge is -2.22. The quantitative estimate of drug-likeness (QED) is 0.761. The summed E-state index contributed by atoms with van der Waals surface area (Å²) < 4.78 is 13.8. The summed E-state index contributed by atoms with van der Waals surface area (Å²) >= 11 is 7.61. The molecule has 1 aliphatic rings. The standard InChI is InChI=1S/C18H17ClFNS/c1-21(2)9-5-7-12-13-6-3-4-8-17(13)22-18-11-16(20)15(19)10-14(12)18/h3-4,6-8,10-11H,5,9H2,1-2H3/p+1/b12-7-. The van der Waals surface area contributed by atoms with Crippen molar-refractivity contribution in [2.45, 2.75) is 16.2 Å². The predicted molar refractivity (Wildman–Crippen MR) is 91.3 cm³/mol. The monoisotopic (exact) mass is 334 g/mol. The Morgan fingerprint density at radius 1 is 1.14 bits per heavy atom. The highest BCUT2D eigenvalue weighted by Crippen LogP contribution is 2.46. The molecule has 0 bridgehead atoms. The number of quaternary nitrogens is 1. The van der Waals surface area contributed by atoms with Crippen LogP contribution in [0.1, 0.15) is 17.5 Å².